The minimum Gasteiger partial charge on any atom is -0.508 e. The molecule has 17 heavy (non-hydrogen) atoms. The number of nitrogens with one attached hydrogen (secondary N) is 1. The summed E-state index contributed by atoms with van der Waals surface area (Å²) in [5.41, 5.74) is 1.34. The summed E-state index contributed by atoms with van der Waals surface area (Å²) in [6.45, 7) is 2.97. The maximum absolute atomic E-state index is 9.71. The SMILES string of the molecule is CCCNc1nc(-c2ccc(O)cc2O)cs1. The van der Waals surface area contributed by atoms with Crippen LogP contribution in [0.5, 0.6) is 11.5 Å². The summed E-state index contributed by atoms with van der Waals surface area (Å²) in [6.07, 6.45) is 1.04. The monoisotopic (exact) mass is 250 g/mol. The van der Waals surface area contributed by atoms with Gasteiger partial charge >= 0.3 is 0 Å². The molecule has 0 amide bonds. The molecule has 3 N–H and O–H groups in total. The molecule has 0 aliphatic heterocycles. The number of hydrogen-bond donors (Lipinski definition) is 3. The number of thiazole rings is 1. The molecule has 1 heterocycles. The van der Waals surface area contributed by atoms with E-state index in [0.29, 0.717) is 11.3 Å². The predicted octanol–water partition coefficient (Wildman–Crippen LogP) is 3.04. The summed E-state index contributed by atoms with van der Waals surface area (Å²) in [5.74, 6) is 0.0863. The third kappa shape index (κ3) is 2.68. The maximum atomic E-state index is 9.71. The molecule has 90 valence electrons. The lowest BCUT2D eigenvalue weighted by Crippen LogP contribution is -1.98. The van der Waals surface area contributed by atoms with E-state index >= 15 is 0 Å². The van der Waals surface area contributed by atoms with Gasteiger partial charge in [-0.25, -0.2) is 4.98 Å². The number of rotatable bonds is 4. The van der Waals surface area contributed by atoms with Crippen molar-refractivity contribution in [2.75, 3.05) is 11.9 Å². The molecule has 0 aliphatic carbocycles. The van der Waals surface area contributed by atoms with Crippen molar-refractivity contribution in [3.63, 3.8) is 0 Å². The molecule has 0 saturated heterocycles. The van der Waals surface area contributed by atoms with Crippen molar-refractivity contribution in [3.05, 3.63) is 23.6 Å². The molecule has 1 aromatic carbocycles. The molecule has 0 saturated carbocycles. The highest BCUT2D eigenvalue weighted by molar-refractivity contribution is 7.14. The lowest BCUT2D eigenvalue weighted by atomic mass is 10.1. The van der Waals surface area contributed by atoms with Crippen LogP contribution in [-0.2, 0) is 0 Å². The molecule has 2 aromatic rings. The van der Waals surface area contributed by atoms with Crippen LogP contribution in [0.4, 0.5) is 5.13 Å². The van der Waals surface area contributed by atoms with E-state index in [2.05, 4.69) is 17.2 Å². The summed E-state index contributed by atoms with van der Waals surface area (Å²) in [5, 5.41) is 24.8. The van der Waals surface area contributed by atoms with Gasteiger partial charge in [0, 0.05) is 23.6 Å². The molecule has 1 aromatic heterocycles. The van der Waals surface area contributed by atoms with E-state index in [4.69, 9.17) is 0 Å². The number of aromatic hydroxyl groups is 2. The van der Waals surface area contributed by atoms with Gasteiger partial charge in [0.25, 0.3) is 0 Å². The molecular weight excluding hydrogens is 236 g/mol. The Labute approximate surface area is 104 Å². The van der Waals surface area contributed by atoms with Crippen molar-refractivity contribution < 1.29 is 10.2 Å². The Bertz CT molecular complexity index is 511. The summed E-state index contributed by atoms with van der Waals surface area (Å²) >= 11 is 1.50. The third-order valence-corrected chi connectivity index (χ3v) is 3.09. The Morgan fingerprint density at radius 1 is 1.35 bits per heavy atom. The first-order valence-corrected chi connectivity index (χ1v) is 6.30. The van der Waals surface area contributed by atoms with Crippen molar-refractivity contribution in [2.45, 2.75) is 13.3 Å². The van der Waals surface area contributed by atoms with E-state index < -0.39 is 0 Å². The average Bonchev–Trinajstić information content (AvgIpc) is 2.75. The molecule has 5 heteroatoms. The van der Waals surface area contributed by atoms with Gasteiger partial charge in [-0.15, -0.1) is 11.3 Å². The quantitative estimate of drug-likeness (QED) is 0.780. The summed E-state index contributed by atoms with van der Waals surface area (Å²) < 4.78 is 0. The first-order valence-electron chi connectivity index (χ1n) is 5.42. The van der Waals surface area contributed by atoms with Crippen molar-refractivity contribution in [2.24, 2.45) is 0 Å². The number of phenolic OH excluding ortho intramolecular Hbond substituents is 2. The van der Waals surface area contributed by atoms with Gasteiger partial charge in [0.2, 0.25) is 0 Å². The Balaban J connectivity index is 2.24. The summed E-state index contributed by atoms with van der Waals surface area (Å²) in [4.78, 5) is 4.37. The summed E-state index contributed by atoms with van der Waals surface area (Å²) in [7, 11) is 0. The first-order chi connectivity index (χ1) is 8.20. The van der Waals surface area contributed by atoms with E-state index in [9.17, 15) is 10.2 Å². The van der Waals surface area contributed by atoms with Crippen molar-refractivity contribution in [1.82, 2.24) is 4.98 Å². The van der Waals surface area contributed by atoms with Gasteiger partial charge < -0.3 is 15.5 Å². The normalized spacial score (nSPS) is 10.4. The molecular formula is C12H14N2O2S. The fraction of sp³-hybridized carbons (Fsp3) is 0.250. The van der Waals surface area contributed by atoms with E-state index in [-0.39, 0.29) is 11.5 Å². The van der Waals surface area contributed by atoms with Crippen LogP contribution >= 0.6 is 11.3 Å². The second kappa shape index (κ2) is 5.05. The molecule has 2 rings (SSSR count). The molecule has 0 fully saturated rings. The molecule has 0 atom stereocenters. The molecule has 0 unspecified atom stereocenters. The molecule has 4 nitrogen and oxygen atoms in total. The number of anilines is 1. The molecule has 0 radical (unpaired) electrons. The van der Waals surface area contributed by atoms with Crippen LogP contribution in [0, 0.1) is 0 Å². The highest BCUT2D eigenvalue weighted by Gasteiger charge is 2.09. The highest BCUT2D eigenvalue weighted by Crippen LogP contribution is 2.33. The van der Waals surface area contributed by atoms with Gasteiger partial charge in [0.15, 0.2) is 5.13 Å². The Morgan fingerprint density at radius 3 is 2.88 bits per heavy atom. The highest BCUT2D eigenvalue weighted by atomic mass is 32.1. The number of phenols is 2. The zero-order chi connectivity index (χ0) is 12.3. The minimum atomic E-state index is 0.0392. The second-order valence-corrected chi connectivity index (χ2v) is 4.52. The number of aromatic nitrogens is 1. The van der Waals surface area contributed by atoms with Crippen LogP contribution < -0.4 is 5.32 Å². The van der Waals surface area contributed by atoms with Crippen molar-refractivity contribution in [3.8, 4) is 22.8 Å². The largest absolute Gasteiger partial charge is 0.508 e. The van der Waals surface area contributed by atoms with Crippen LogP contribution in [0.3, 0.4) is 0 Å². The predicted molar refractivity (Wildman–Crippen MR) is 69.7 cm³/mol. The number of benzene rings is 1. The van der Waals surface area contributed by atoms with Crippen LogP contribution in [0.1, 0.15) is 13.3 Å². The van der Waals surface area contributed by atoms with Gasteiger partial charge in [-0.05, 0) is 18.6 Å². The maximum Gasteiger partial charge on any atom is 0.183 e. The lowest BCUT2D eigenvalue weighted by molar-refractivity contribution is 0.452. The van der Waals surface area contributed by atoms with Gasteiger partial charge in [0.05, 0.1) is 5.69 Å². The fourth-order valence-electron chi connectivity index (χ4n) is 1.45. The second-order valence-electron chi connectivity index (χ2n) is 3.67. The van der Waals surface area contributed by atoms with Crippen LogP contribution in [0.15, 0.2) is 23.6 Å². The minimum absolute atomic E-state index is 0.0392. The van der Waals surface area contributed by atoms with Crippen LogP contribution in [0.25, 0.3) is 11.3 Å². The number of hydrogen-bond acceptors (Lipinski definition) is 5. The average molecular weight is 250 g/mol. The van der Waals surface area contributed by atoms with E-state index in [1.807, 2.05) is 5.38 Å². The zero-order valence-electron chi connectivity index (χ0n) is 9.47. The van der Waals surface area contributed by atoms with E-state index in [1.54, 1.807) is 6.07 Å². The Hall–Kier alpha value is -1.75. The van der Waals surface area contributed by atoms with Crippen molar-refractivity contribution in [1.29, 1.82) is 0 Å². The van der Waals surface area contributed by atoms with Crippen molar-refractivity contribution >= 4 is 16.5 Å². The van der Waals surface area contributed by atoms with Gasteiger partial charge in [-0.2, -0.15) is 0 Å². The van der Waals surface area contributed by atoms with Gasteiger partial charge in [-0.1, -0.05) is 6.92 Å². The van der Waals surface area contributed by atoms with Gasteiger partial charge in [0.1, 0.15) is 11.5 Å². The van der Waals surface area contributed by atoms with Crippen LogP contribution in [0.2, 0.25) is 0 Å². The van der Waals surface area contributed by atoms with E-state index in [0.717, 1.165) is 18.1 Å². The molecule has 0 bridgehead atoms. The molecule has 0 spiro atoms. The lowest BCUT2D eigenvalue weighted by Gasteiger charge is -2.01. The molecule has 0 aliphatic rings. The third-order valence-electron chi connectivity index (χ3n) is 2.29. The van der Waals surface area contributed by atoms with Gasteiger partial charge in [-0.3, -0.25) is 0 Å². The Morgan fingerprint density at radius 2 is 2.18 bits per heavy atom. The standard InChI is InChI=1S/C12H14N2O2S/c1-2-5-13-12-14-10(7-17-12)9-4-3-8(15)6-11(9)16/h3-4,6-7,15-16H,2,5H2,1H3,(H,13,14). The van der Waals surface area contributed by atoms with E-state index in [1.165, 1.54) is 23.5 Å². The Kier molecular flexibility index (Phi) is 3.49. The number of nitrogens with zero attached hydrogens (tertiary/aromatic N) is 1. The fourth-order valence-corrected chi connectivity index (χ4v) is 2.19. The topological polar surface area (TPSA) is 65.4 Å². The van der Waals surface area contributed by atoms with Crippen LogP contribution in [-0.4, -0.2) is 21.7 Å². The zero-order valence-corrected chi connectivity index (χ0v) is 10.3. The summed E-state index contributed by atoms with van der Waals surface area (Å²) in [6, 6.07) is 4.50. The first kappa shape index (κ1) is 11.7. The smallest absolute Gasteiger partial charge is 0.183 e.